The Hall–Kier alpha value is -1.89. The second kappa shape index (κ2) is 6.70. The van der Waals surface area contributed by atoms with E-state index in [2.05, 4.69) is 36.3 Å². The van der Waals surface area contributed by atoms with Crippen LogP contribution in [0.1, 0.15) is 56.7 Å². The van der Waals surface area contributed by atoms with Crippen molar-refractivity contribution in [3.8, 4) is 0 Å². The van der Waals surface area contributed by atoms with Gasteiger partial charge in [-0.2, -0.15) is 5.10 Å². The summed E-state index contributed by atoms with van der Waals surface area (Å²) in [6.45, 7) is 8.87. The summed E-state index contributed by atoms with van der Waals surface area (Å²) in [6, 6.07) is 2.10. The van der Waals surface area contributed by atoms with Crippen molar-refractivity contribution in [2.75, 3.05) is 13.1 Å². The average molecular weight is 322 g/mol. The molecule has 0 bridgehead atoms. The number of hydrogen-bond acceptors (Lipinski definition) is 4. The third-order valence-electron chi connectivity index (χ3n) is 4.33. The van der Waals surface area contributed by atoms with Gasteiger partial charge in [-0.1, -0.05) is 27.7 Å². The van der Waals surface area contributed by atoms with E-state index in [1.54, 1.807) is 6.07 Å². The number of carboxylic acid groups (broad SMARTS) is 1. The topological polar surface area (TPSA) is 98.3 Å². The number of aliphatic carboxylic acids is 1. The highest BCUT2D eigenvalue weighted by Crippen LogP contribution is 2.26. The Balaban J connectivity index is 1.84. The third-order valence-corrected chi connectivity index (χ3v) is 4.33. The monoisotopic (exact) mass is 322 g/mol. The van der Waals surface area contributed by atoms with Gasteiger partial charge in [-0.05, 0) is 25.5 Å². The summed E-state index contributed by atoms with van der Waals surface area (Å²) in [5, 5.41) is 18.8. The largest absolute Gasteiger partial charge is 0.480 e. The minimum absolute atomic E-state index is 0.0517. The molecule has 23 heavy (non-hydrogen) atoms. The Morgan fingerprint density at radius 2 is 2.09 bits per heavy atom. The van der Waals surface area contributed by atoms with E-state index in [9.17, 15) is 9.59 Å². The Kier molecular flexibility index (Phi) is 5.09. The molecule has 0 unspecified atom stereocenters. The van der Waals surface area contributed by atoms with Crippen molar-refractivity contribution in [3.63, 3.8) is 0 Å². The van der Waals surface area contributed by atoms with Gasteiger partial charge in [-0.15, -0.1) is 0 Å². The maximum atomic E-state index is 12.2. The van der Waals surface area contributed by atoms with Crippen LogP contribution >= 0.6 is 0 Å². The molecule has 1 aromatic rings. The first-order valence-corrected chi connectivity index (χ1v) is 8.03. The zero-order valence-corrected chi connectivity index (χ0v) is 14.2. The maximum Gasteiger partial charge on any atom is 0.317 e. The van der Waals surface area contributed by atoms with Crippen molar-refractivity contribution in [2.24, 2.45) is 0 Å². The molecule has 2 rings (SSSR count). The van der Waals surface area contributed by atoms with Crippen LogP contribution in [-0.2, 0) is 10.2 Å². The van der Waals surface area contributed by atoms with Gasteiger partial charge < -0.3 is 10.4 Å². The first-order chi connectivity index (χ1) is 10.7. The van der Waals surface area contributed by atoms with Crippen molar-refractivity contribution in [1.82, 2.24) is 20.4 Å². The Labute approximate surface area is 136 Å². The smallest absolute Gasteiger partial charge is 0.317 e. The lowest BCUT2D eigenvalue weighted by Gasteiger charge is -2.42. The van der Waals surface area contributed by atoms with Crippen LogP contribution < -0.4 is 5.32 Å². The van der Waals surface area contributed by atoms with Crippen LogP contribution in [-0.4, -0.2) is 57.3 Å². The molecule has 1 amide bonds. The molecule has 0 aliphatic heterocycles. The van der Waals surface area contributed by atoms with E-state index in [1.807, 2.05) is 11.8 Å². The van der Waals surface area contributed by atoms with Crippen molar-refractivity contribution >= 4 is 11.9 Å². The number of hydrogen-bond donors (Lipinski definition) is 3. The van der Waals surface area contributed by atoms with Gasteiger partial charge in [0.15, 0.2) is 0 Å². The SMILES string of the molecule is CCN(CC(=O)O)C1CC(NC(=O)c2cc(C(C)(C)C)[nH]n2)C1. The normalized spacial score (nSPS) is 21.1. The molecule has 1 saturated carbocycles. The van der Waals surface area contributed by atoms with E-state index in [0.717, 1.165) is 18.5 Å². The molecule has 0 spiro atoms. The van der Waals surface area contributed by atoms with Crippen LogP contribution in [0.4, 0.5) is 0 Å². The van der Waals surface area contributed by atoms with Crippen molar-refractivity contribution < 1.29 is 14.7 Å². The number of carboxylic acids is 1. The van der Waals surface area contributed by atoms with E-state index < -0.39 is 5.97 Å². The molecule has 7 nitrogen and oxygen atoms in total. The molecule has 3 N–H and O–H groups in total. The molecule has 7 heteroatoms. The van der Waals surface area contributed by atoms with Crippen LogP contribution in [0.15, 0.2) is 6.07 Å². The Morgan fingerprint density at radius 3 is 2.57 bits per heavy atom. The number of nitrogens with zero attached hydrogens (tertiary/aromatic N) is 2. The number of likely N-dealkylation sites (N-methyl/N-ethyl adjacent to an activating group) is 1. The fourth-order valence-electron chi connectivity index (χ4n) is 2.76. The van der Waals surface area contributed by atoms with Gasteiger partial charge in [0.05, 0.1) is 6.54 Å². The third kappa shape index (κ3) is 4.31. The van der Waals surface area contributed by atoms with Gasteiger partial charge in [0.25, 0.3) is 5.91 Å². The number of nitrogens with one attached hydrogen (secondary N) is 2. The summed E-state index contributed by atoms with van der Waals surface area (Å²) < 4.78 is 0. The van der Waals surface area contributed by atoms with E-state index >= 15 is 0 Å². The fourth-order valence-corrected chi connectivity index (χ4v) is 2.76. The van der Waals surface area contributed by atoms with Crippen LogP contribution in [0.25, 0.3) is 0 Å². The molecule has 1 aliphatic rings. The van der Waals surface area contributed by atoms with E-state index in [4.69, 9.17) is 5.11 Å². The van der Waals surface area contributed by atoms with Crippen LogP contribution in [0.3, 0.4) is 0 Å². The number of aromatic nitrogens is 2. The molecular weight excluding hydrogens is 296 g/mol. The maximum absolute atomic E-state index is 12.2. The molecular formula is C16H26N4O3. The van der Waals surface area contributed by atoms with Gasteiger partial charge in [0, 0.05) is 23.2 Å². The first kappa shape index (κ1) is 17.5. The zero-order valence-electron chi connectivity index (χ0n) is 14.2. The first-order valence-electron chi connectivity index (χ1n) is 8.03. The lowest BCUT2D eigenvalue weighted by Crippen LogP contribution is -2.54. The molecule has 0 atom stereocenters. The molecule has 1 heterocycles. The van der Waals surface area contributed by atoms with Gasteiger partial charge >= 0.3 is 5.97 Å². The molecule has 1 aliphatic carbocycles. The number of amides is 1. The molecule has 0 radical (unpaired) electrons. The Morgan fingerprint density at radius 1 is 1.43 bits per heavy atom. The highest BCUT2D eigenvalue weighted by atomic mass is 16.4. The second-order valence-corrected chi connectivity index (χ2v) is 7.17. The Bertz CT molecular complexity index is 570. The van der Waals surface area contributed by atoms with Gasteiger partial charge in [-0.25, -0.2) is 0 Å². The van der Waals surface area contributed by atoms with Gasteiger partial charge in [0.1, 0.15) is 5.69 Å². The standard InChI is InChI=1S/C16H26N4O3/c1-5-20(9-14(21)22)11-6-10(7-11)17-15(23)12-8-13(19-18-12)16(2,3)4/h8,10-11H,5-7,9H2,1-4H3,(H,17,23)(H,18,19)(H,21,22). The van der Waals surface area contributed by atoms with Crippen LogP contribution in [0.5, 0.6) is 0 Å². The number of rotatable bonds is 6. The summed E-state index contributed by atoms with van der Waals surface area (Å²) in [7, 11) is 0. The van der Waals surface area contributed by atoms with Gasteiger partial charge in [0.2, 0.25) is 0 Å². The molecule has 0 saturated heterocycles. The lowest BCUT2D eigenvalue weighted by atomic mass is 9.85. The highest BCUT2D eigenvalue weighted by Gasteiger charge is 2.35. The molecule has 0 aromatic carbocycles. The van der Waals surface area contributed by atoms with Crippen molar-refractivity contribution in [3.05, 3.63) is 17.5 Å². The average Bonchev–Trinajstić information content (AvgIpc) is 2.89. The summed E-state index contributed by atoms with van der Waals surface area (Å²) >= 11 is 0. The zero-order chi connectivity index (χ0) is 17.2. The fraction of sp³-hybridized carbons (Fsp3) is 0.688. The minimum atomic E-state index is -0.814. The van der Waals surface area contributed by atoms with Gasteiger partial charge in [-0.3, -0.25) is 19.6 Å². The predicted octanol–water partition coefficient (Wildman–Crippen LogP) is 1.37. The van der Waals surface area contributed by atoms with Crippen molar-refractivity contribution in [2.45, 2.75) is 58.0 Å². The summed E-state index contributed by atoms with van der Waals surface area (Å²) in [6.07, 6.45) is 1.56. The number of carbonyl (C=O) groups is 2. The minimum Gasteiger partial charge on any atom is -0.480 e. The second-order valence-electron chi connectivity index (χ2n) is 7.17. The molecule has 1 aromatic heterocycles. The summed E-state index contributed by atoms with van der Waals surface area (Å²) in [4.78, 5) is 25.0. The van der Waals surface area contributed by atoms with E-state index in [1.165, 1.54) is 0 Å². The summed E-state index contributed by atoms with van der Waals surface area (Å²) in [5.41, 5.74) is 1.25. The van der Waals surface area contributed by atoms with E-state index in [-0.39, 0.29) is 30.0 Å². The quantitative estimate of drug-likeness (QED) is 0.735. The lowest BCUT2D eigenvalue weighted by molar-refractivity contribution is -0.139. The van der Waals surface area contributed by atoms with Crippen LogP contribution in [0, 0.1) is 0 Å². The number of H-pyrrole nitrogens is 1. The molecule has 128 valence electrons. The van der Waals surface area contributed by atoms with Crippen molar-refractivity contribution in [1.29, 1.82) is 0 Å². The van der Waals surface area contributed by atoms with Crippen LogP contribution in [0.2, 0.25) is 0 Å². The van der Waals surface area contributed by atoms with E-state index in [0.29, 0.717) is 12.2 Å². The summed E-state index contributed by atoms with van der Waals surface area (Å²) in [5.74, 6) is -0.993. The predicted molar refractivity (Wildman–Crippen MR) is 86.4 cm³/mol. The highest BCUT2D eigenvalue weighted by molar-refractivity contribution is 5.92. The number of aromatic amines is 1. The number of carbonyl (C=O) groups excluding carboxylic acids is 1. The molecule has 1 fully saturated rings.